The molecule has 4 aliphatic heterocycles. The van der Waals surface area contributed by atoms with Crippen molar-refractivity contribution >= 4 is 58.9 Å². The standard InChI is InChI=1S/C49H63N9O9S/c1-7-33-46(63)57-24-12-15-35(57)47(64)56(6)37(25-30-17-19-32(20-18-30)55(4)5)48(65)58-27-39-34(50-23-21-28(2)68-39)26-36(58)43(60)54-41(31-13-9-8-10-14-31)49(66)67-29(3)40(44(61)52-33)53-45(62)42-38(59)16-11-22-51-42/h8-11,13-14,16-20,22,28-29,33-37,39-41,50,59H,7,12,15,21,23-27H2,1-6H3,(H,52,61)(H,53,62)(H,54,60). The molecule has 364 valence electrons. The second kappa shape index (κ2) is 21.8. The second-order valence-electron chi connectivity index (χ2n) is 18.3. The van der Waals surface area contributed by atoms with Crippen molar-refractivity contribution in [1.29, 1.82) is 0 Å². The van der Waals surface area contributed by atoms with Crippen molar-refractivity contribution in [2.75, 3.05) is 45.7 Å². The number of aromatic hydroxyl groups is 1. The third-order valence-corrected chi connectivity index (χ3v) is 15.0. The Hall–Kier alpha value is -6.21. The first-order valence-corrected chi connectivity index (χ1v) is 24.3. The molecular weight excluding hydrogens is 891 g/mol. The summed E-state index contributed by atoms with van der Waals surface area (Å²) in [6, 6.07) is 11.1. The number of likely N-dealkylation sites (N-methyl/N-ethyl adjacent to an activating group) is 1. The van der Waals surface area contributed by atoms with Crippen LogP contribution < -0.4 is 26.2 Å². The number of hydrogen-bond donors (Lipinski definition) is 5. The normalized spacial score (nSPS) is 28.9. The Bertz CT molecular complexity index is 2340. The maximum absolute atomic E-state index is 15.6. The van der Waals surface area contributed by atoms with Gasteiger partial charge in [-0.25, -0.2) is 9.78 Å². The lowest BCUT2D eigenvalue weighted by atomic mass is 9.93. The molecule has 0 aliphatic carbocycles. The predicted molar refractivity (Wildman–Crippen MR) is 255 cm³/mol. The van der Waals surface area contributed by atoms with Gasteiger partial charge in [0.2, 0.25) is 29.5 Å². The second-order valence-corrected chi connectivity index (χ2v) is 20.0. The number of hydrogen-bond acceptors (Lipinski definition) is 13. The van der Waals surface area contributed by atoms with Crippen LogP contribution in [0.2, 0.25) is 0 Å². The van der Waals surface area contributed by atoms with Gasteiger partial charge in [-0.3, -0.25) is 28.8 Å². The van der Waals surface area contributed by atoms with Crippen molar-refractivity contribution < 1.29 is 43.4 Å². The molecule has 0 saturated carbocycles. The maximum atomic E-state index is 15.6. The number of carbonyl (C=O) groups excluding carboxylic acids is 7. The van der Waals surface area contributed by atoms with E-state index in [1.165, 1.54) is 35.1 Å². The number of carbonyl (C=O) groups is 7. The summed E-state index contributed by atoms with van der Waals surface area (Å²) in [7, 11) is 5.40. The van der Waals surface area contributed by atoms with E-state index in [1.54, 1.807) is 61.0 Å². The van der Waals surface area contributed by atoms with Gasteiger partial charge in [-0.05, 0) is 81.0 Å². The first-order chi connectivity index (χ1) is 32.6. The molecule has 2 aromatic carbocycles. The summed E-state index contributed by atoms with van der Waals surface area (Å²) in [5.41, 5.74) is 1.66. The number of esters is 1. The van der Waals surface area contributed by atoms with E-state index in [1.807, 2.05) is 43.3 Å². The molecule has 0 spiro atoms. The summed E-state index contributed by atoms with van der Waals surface area (Å²) >= 11 is 1.75. The van der Waals surface area contributed by atoms with Crippen LogP contribution in [-0.4, -0.2) is 160 Å². The quantitative estimate of drug-likeness (QED) is 0.215. The molecule has 5 N–H and O–H groups in total. The summed E-state index contributed by atoms with van der Waals surface area (Å²) < 4.78 is 5.99. The number of nitrogens with zero attached hydrogens (tertiary/aromatic N) is 5. The van der Waals surface area contributed by atoms with Crippen LogP contribution in [-0.2, 0) is 39.9 Å². The fourth-order valence-electron chi connectivity index (χ4n) is 9.52. The molecule has 6 amide bonds. The number of aromatic nitrogens is 1. The van der Waals surface area contributed by atoms with Crippen molar-refractivity contribution in [3.8, 4) is 5.75 Å². The number of cyclic esters (lactones) is 1. The molecule has 68 heavy (non-hydrogen) atoms. The van der Waals surface area contributed by atoms with Crippen molar-refractivity contribution in [2.45, 2.75) is 118 Å². The number of amides is 6. The lowest BCUT2D eigenvalue weighted by Gasteiger charge is -2.45. The Morgan fingerprint density at radius 1 is 0.897 bits per heavy atom. The highest BCUT2D eigenvalue weighted by Crippen LogP contribution is 2.35. The molecule has 18 nitrogen and oxygen atoms in total. The minimum atomic E-state index is -1.65. The summed E-state index contributed by atoms with van der Waals surface area (Å²) in [6.45, 7) is 6.29. The number of anilines is 1. The van der Waals surface area contributed by atoms with Gasteiger partial charge < -0.3 is 50.7 Å². The fourth-order valence-corrected chi connectivity index (χ4v) is 11.0. The van der Waals surface area contributed by atoms with E-state index in [9.17, 15) is 29.1 Å². The molecule has 0 bridgehead atoms. The topological polar surface area (TPSA) is 223 Å². The van der Waals surface area contributed by atoms with Gasteiger partial charge in [-0.1, -0.05) is 56.3 Å². The molecule has 4 saturated heterocycles. The number of nitrogens with one attached hydrogen (secondary N) is 4. The van der Waals surface area contributed by atoms with Crippen molar-refractivity contribution in [2.24, 2.45) is 0 Å². The summed E-state index contributed by atoms with van der Waals surface area (Å²) in [6.07, 6.45) is 1.90. The summed E-state index contributed by atoms with van der Waals surface area (Å²) in [5.74, 6) is -5.40. The van der Waals surface area contributed by atoms with Crippen LogP contribution in [0, 0.1) is 0 Å². The van der Waals surface area contributed by atoms with E-state index in [0.29, 0.717) is 24.9 Å². The van der Waals surface area contributed by atoms with E-state index in [2.05, 4.69) is 33.2 Å². The Labute approximate surface area is 401 Å². The molecule has 7 rings (SSSR count). The van der Waals surface area contributed by atoms with E-state index in [-0.39, 0.29) is 48.9 Å². The molecule has 3 aromatic rings. The SMILES string of the molecule is CCC1NC(=O)C(NC(=O)c2ncccc2O)C(C)OC(=O)C(c2ccccc2)NC(=O)C2CC3NCCC(C)SC3CN2C(=O)C(Cc2ccc(N(C)C)cc2)N(C)C(=O)C2CCCN2C1=O. The summed E-state index contributed by atoms with van der Waals surface area (Å²) in [5, 5.41) is 22.4. The molecule has 4 aliphatic rings. The molecule has 5 heterocycles. The van der Waals surface area contributed by atoms with Crippen LogP contribution in [0.5, 0.6) is 5.75 Å². The van der Waals surface area contributed by atoms with Crippen molar-refractivity contribution in [1.82, 2.24) is 41.0 Å². The average Bonchev–Trinajstić information content (AvgIpc) is 3.75. The minimum absolute atomic E-state index is 0.0872. The van der Waals surface area contributed by atoms with Crippen molar-refractivity contribution in [3.05, 3.63) is 89.7 Å². The zero-order valence-corrected chi connectivity index (χ0v) is 40.2. The van der Waals surface area contributed by atoms with Crippen LogP contribution in [0.3, 0.4) is 0 Å². The molecule has 1 aromatic heterocycles. The van der Waals surface area contributed by atoms with Crippen LogP contribution in [0.4, 0.5) is 5.69 Å². The van der Waals surface area contributed by atoms with E-state index >= 15 is 9.59 Å². The minimum Gasteiger partial charge on any atom is -0.505 e. The van der Waals surface area contributed by atoms with Gasteiger partial charge in [-0.2, -0.15) is 11.8 Å². The van der Waals surface area contributed by atoms with Gasteiger partial charge in [0.15, 0.2) is 11.7 Å². The highest BCUT2D eigenvalue weighted by molar-refractivity contribution is 8.00. The zero-order valence-electron chi connectivity index (χ0n) is 39.4. The van der Waals surface area contributed by atoms with E-state index in [4.69, 9.17) is 4.74 Å². The fraction of sp³-hybridized carbons (Fsp3) is 0.510. The Kier molecular flexibility index (Phi) is 15.9. The molecule has 10 atom stereocenters. The zero-order chi connectivity index (χ0) is 48.8. The lowest BCUT2D eigenvalue weighted by molar-refractivity contribution is -0.156. The van der Waals surface area contributed by atoms with Gasteiger partial charge in [0.1, 0.15) is 42.1 Å². The predicted octanol–water partition coefficient (Wildman–Crippen LogP) is 2.16. The van der Waals surface area contributed by atoms with Gasteiger partial charge in [0.25, 0.3) is 5.91 Å². The molecular formula is C49H63N9O9S. The Morgan fingerprint density at radius 2 is 1.63 bits per heavy atom. The number of ether oxygens (including phenoxy) is 1. The first-order valence-electron chi connectivity index (χ1n) is 23.4. The number of rotatable bonds is 7. The van der Waals surface area contributed by atoms with E-state index < -0.39 is 95.2 Å². The molecule has 10 unspecified atom stereocenters. The molecule has 0 radical (unpaired) electrons. The Morgan fingerprint density at radius 3 is 2.32 bits per heavy atom. The van der Waals surface area contributed by atoms with Crippen LogP contribution in [0.25, 0.3) is 0 Å². The molecule has 4 fully saturated rings. The average molecular weight is 954 g/mol. The third-order valence-electron chi connectivity index (χ3n) is 13.5. The number of fused-ring (bicyclic) bond motifs is 3. The largest absolute Gasteiger partial charge is 0.505 e. The number of pyridine rings is 1. The highest BCUT2D eigenvalue weighted by atomic mass is 32.2. The summed E-state index contributed by atoms with van der Waals surface area (Å²) in [4.78, 5) is 113. The number of piperidine rings is 1. The van der Waals surface area contributed by atoms with Gasteiger partial charge >= 0.3 is 5.97 Å². The van der Waals surface area contributed by atoms with E-state index in [0.717, 1.165) is 17.7 Å². The van der Waals surface area contributed by atoms with Crippen molar-refractivity contribution in [3.63, 3.8) is 0 Å². The third kappa shape index (κ3) is 11.0. The Balaban J connectivity index is 1.33. The lowest BCUT2D eigenvalue weighted by Crippen LogP contribution is -2.65. The number of benzene rings is 2. The van der Waals surface area contributed by atoms with Gasteiger partial charge in [0, 0.05) is 69.1 Å². The highest BCUT2D eigenvalue weighted by Gasteiger charge is 2.48. The van der Waals surface area contributed by atoms with Gasteiger partial charge in [-0.15, -0.1) is 0 Å². The first kappa shape index (κ1) is 49.7. The van der Waals surface area contributed by atoms with Gasteiger partial charge in [0.05, 0.1) is 0 Å². The monoisotopic (exact) mass is 953 g/mol. The van der Waals surface area contributed by atoms with Crippen LogP contribution >= 0.6 is 11.8 Å². The smallest absolute Gasteiger partial charge is 0.333 e. The molecule has 19 heteroatoms. The van der Waals surface area contributed by atoms with Crippen LogP contribution in [0.1, 0.15) is 80.5 Å². The maximum Gasteiger partial charge on any atom is 0.333 e. The number of thioether (sulfide) groups is 1. The van der Waals surface area contributed by atoms with Crippen LogP contribution in [0.15, 0.2) is 72.9 Å².